The fraction of sp³-hybridized carbons (Fsp3) is 0.625. The van der Waals surface area contributed by atoms with Gasteiger partial charge in [0.25, 0.3) is 0 Å². The summed E-state index contributed by atoms with van der Waals surface area (Å²) in [5.41, 5.74) is 6.63. The van der Waals surface area contributed by atoms with Crippen LogP contribution in [-0.2, 0) is 6.54 Å². The Morgan fingerprint density at radius 3 is 3.25 bits per heavy atom. The number of aromatic nitrogens is 2. The van der Waals surface area contributed by atoms with Crippen molar-refractivity contribution in [2.75, 3.05) is 11.5 Å². The largest absolute Gasteiger partial charge is 0.326 e. The van der Waals surface area contributed by atoms with Gasteiger partial charge in [0.1, 0.15) is 0 Å². The lowest BCUT2D eigenvalue weighted by atomic mass is 10.3. The topological polar surface area (TPSA) is 43.8 Å². The van der Waals surface area contributed by atoms with E-state index in [1.165, 1.54) is 17.9 Å². The summed E-state index contributed by atoms with van der Waals surface area (Å²) in [6.45, 7) is 0.597. The van der Waals surface area contributed by atoms with Crippen molar-refractivity contribution in [2.24, 2.45) is 5.73 Å². The van der Waals surface area contributed by atoms with Crippen molar-refractivity contribution in [2.45, 2.75) is 19.0 Å². The minimum atomic E-state index is 0.597. The molecule has 1 aromatic rings. The zero-order chi connectivity index (χ0) is 8.39. The first-order chi connectivity index (χ1) is 5.90. The minimum Gasteiger partial charge on any atom is -0.326 e. The Balaban J connectivity index is 2.11. The van der Waals surface area contributed by atoms with Gasteiger partial charge in [0.05, 0.1) is 12.2 Å². The van der Waals surface area contributed by atoms with Gasteiger partial charge < -0.3 is 5.73 Å². The van der Waals surface area contributed by atoms with Crippen LogP contribution in [0.2, 0.25) is 0 Å². The Labute approximate surface area is 76.3 Å². The monoisotopic (exact) mass is 183 g/mol. The van der Waals surface area contributed by atoms with E-state index in [9.17, 15) is 0 Å². The van der Waals surface area contributed by atoms with Crippen LogP contribution in [0.1, 0.15) is 18.0 Å². The third-order valence-corrected chi connectivity index (χ3v) is 3.32. The Morgan fingerprint density at radius 2 is 2.67 bits per heavy atom. The Morgan fingerprint density at radius 1 is 1.75 bits per heavy atom. The molecule has 0 radical (unpaired) electrons. The molecule has 0 saturated carbocycles. The van der Waals surface area contributed by atoms with Crippen molar-refractivity contribution in [3.8, 4) is 0 Å². The number of nitrogens with two attached hydrogens (primary N) is 1. The molecule has 1 saturated heterocycles. The molecule has 0 aromatic carbocycles. The van der Waals surface area contributed by atoms with Gasteiger partial charge >= 0.3 is 0 Å². The predicted molar refractivity (Wildman–Crippen MR) is 51.1 cm³/mol. The van der Waals surface area contributed by atoms with Crippen LogP contribution >= 0.6 is 11.8 Å². The Hall–Kier alpha value is -0.480. The predicted octanol–water partition coefficient (Wildman–Crippen LogP) is 1.02. The molecule has 1 atom stereocenters. The van der Waals surface area contributed by atoms with Crippen LogP contribution < -0.4 is 5.73 Å². The van der Waals surface area contributed by atoms with E-state index < -0.39 is 0 Å². The molecule has 1 fully saturated rings. The molecule has 12 heavy (non-hydrogen) atoms. The Kier molecular flexibility index (Phi) is 2.37. The molecule has 0 aliphatic carbocycles. The van der Waals surface area contributed by atoms with Crippen LogP contribution in [0.15, 0.2) is 12.4 Å². The summed E-state index contributed by atoms with van der Waals surface area (Å²) < 4.78 is 2.06. The number of nitrogens with zero attached hydrogens (tertiary/aromatic N) is 2. The van der Waals surface area contributed by atoms with Gasteiger partial charge in [-0.25, -0.2) is 0 Å². The van der Waals surface area contributed by atoms with Crippen molar-refractivity contribution >= 4 is 11.8 Å². The minimum absolute atomic E-state index is 0.597. The van der Waals surface area contributed by atoms with E-state index in [4.69, 9.17) is 5.73 Å². The second-order valence-electron chi connectivity index (χ2n) is 3.05. The first kappa shape index (κ1) is 8.13. The zero-order valence-electron chi connectivity index (χ0n) is 6.94. The van der Waals surface area contributed by atoms with Gasteiger partial charge in [-0.1, -0.05) is 0 Å². The van der Waals surface area contributed by atoms with Crippen LogP contribution in [0, 0.1) is 0 Å². The van der Waals surface area contributed by atoms with Crippen LogP contribution in [0.4, 0.5) is 0 Å². The fourth-order valence-electron chi connectivity index (χ4n) is 1.41. The highest BCUT2D eigenvalue weighted by atomic mass is 32.2. The maximum Gasteiger partial charge on any atom is 0.0617 e. The summed E-state index contributed by atoms with van der Waals surface area (Å²) in [6, 6.07) is 0.607. The van der Waals surface area contributed by atoms with Crippen molar-refractivity contribution in [1.82, 2.24) is 9.78 Å². The van der Waals surface area contributed by atoms with Crippen LogP contribution in [0.25, 0.3) is 0 Å². The molecule has 1 aliphatic rings. The molecule has 3 nitrogen and oxygen atoms in total. The van der Waals surface area contributed by atoms with E-state index in [-0.39, 0.29) is 0 Å². The number of thioether (sulfide) groups is 1. The second-order valence-corrected chi connectivity index (χ2v) is 4.20. The highest BCUT2D eigenvalue weighted by Crippen LogP contribution is 2.27. The van der Waals surface area contributed by atoms with E-state index >= 15 is 0 Å². The van der Waals surface area contributed by atoms with Crippen molar-refractivity contribution in [3.05, 3.63) is 18.0 Å². The lowest BCUT2D eigenvalue weighted by Crippen LogP contribution is -2.07. The Bertz CT molecular complexity index is 253. The van der Waals surface area contributed by atoms with E-state index in [1.54, 1.807) is 0 Å². The summed E-state index contributed by atoms with van der Waals surface area (Å²) in [4.78, 5) is 0. The van der Waals surface area contributed by atoms with E-state index in [1.807, 2.05) is 18.0 Å². The second kappa shape index (κ2) is 3.49. The lowest BCUT2D eigenvalue weighted by Gasteiger charge is -2.07. The summed E-state index contributed by atoms with van der Waals surface area (Å²) >= 11 is 2.00. The zero-order valence-corrected chi connectivity index (χ0v) is 7.76. The molecule has 1 unspecified atom stereocenters. The summed E-state index contributed by atoms with van der Waals surface area (Å²) in [6.07, 6.45) is 5.18. The average molecular weight is 183 g/mol. The molecule has 4 heteroatoms. The molecule has 66 valence electrons. The van der Waals surface area contributed by atoms with Gasteiger partial charge in [-0.05, 0) is 12.2 Å². The number of hydrogen-bond acceptors (Lipinski definition) is 3. The number of hydrogen-bond donors (Lipinski definition) is 1. The van der Waals surface area contributed by atoms with Crippen LogP contribution in [0.3, 0.4) is 0 Å². The molecule has 1 aromatic heterocycles. The van der Waals surface area contributed by atoms with Gasteiger partial charge in [-0.15, -0.1) is 0 Å². The third kappa shape index (κ3) is 1.49. The molecular weight excluding hydrogens is 170 g/mol. The SMILES string of the molecule is NCc1cnn(C2CCSC2)c1. The van der Waals surface area contributed by atoms with Crippen molar-refractivity contribution in [3.63, 3.8) is 0 Å². The van der Waals surface area contributed by atoms with Gasteiger partial charge in [-0.2, -0.15) is 16.9 Å². The maximum absolute atomic E-state index is 5.50. The van der Waals surface area contributed by atoms with E-state index in [0.717, 1.165) is 5.56 Å². The van der Waals surface area contributed by atoms with Gasteiger partial charge in [-0.3, -0.25) is 4.68 Å². The molecule has 0 amide bonds. The first-order valence-electron chi connectivity index (χ1n) is 4.21. The maximum atomic E-state index is 5.50. The summed E-state index contributed by atoms with van der Waals surface area (Å²) in [5, 5.41) is 4.29. The van der Waals surface area contributed by atoms with Gasteiger partial charge in [0.2, 0.25) is 0 Å². The molecule has 2 rings (SSSR count). The smallest absolute Gasteiger partial charge is 0.0617 e. The quantitative estimate of drug-likeness (QED) is 0.744. The highest BCUT2D eigenvalue weighted by Gasteiger charge is 2.17. The third-order valence-electron chi connectivity index (χ3n) is 2.17. The highest BCUT2D eigenvalue weighted by molar-refractivity contribution is 7.99. The standard InChI is InChI=1S/C8H13N3S/c9-3-7-4-10-11(5-7)8-1-2-12-6-8/h4-5,8H,1-3,6,9H2. The first-order valence-corrected chi connectivity index (χ1v) is 5.36. The van der Waals surface area contributed by atoms with E-state index in [2.05, 4.69) is 16.0 Å². The summed E-state index contributed by atoms with van der Waals surface area (Å²) in [7, 11) is 0. The molecule has 2 heterocycles. The van der Waals surface area contributed by atoms with Gasteiger partial charge in [0.15, 0.2) is 0 Å². The molecule has 0 spiro atoms. The van der Waals surface area contributed by atoms with Crippen LogP contribution in [-0.4, -0.2) is 21.3 Å². The molecular formula is C8H13N3S. The fourth-order valence-corrected chi connectivity index (χ4v) is 2.61. The molecule has 2 N–H and O–H groups in total. The summed E-state index contributed by atoms with van der Waals surface area (Å²) in [5.74, 6) is 2.47. The van der Waals surface area contributed by atoms with Crippen molar-refractivity contribution < 1.29 is 0 Å². The van der Waals surface area contributed by atoms with Crippen molar-refractivity contribution in [1.29, 1.82) is 0 Å². The van der Waals surface area contributed by atoms with E-state index in [0.29, 0.717) is 12.6 Å². The number of rotatable bonds is 2. The average Bonchev–Trinajstić information content (AvgIpc) is 2.75. The van der Waals surface area contributed by atoms with Gasteiger partial charge in [0, 0.05) is 24.1 Å². The lowest BCUT2D eigenvalue weighted by molar-refractivity contribution is 0.501. The normalized spacial score (nSPS) is 23.2. The molecule has 1 aliphatic heterocycles. The van der Waals surface area contributed by atoms with Crippen LogP contribution in [0.5, 0.6) is 0 Å². The molecule has 0 bridgehead atoms.